The van der Waals surface area contributed by atoms with Crippen molar-refractivity contribution in [2.24, 2.45) is 5.73 Å². The molecule has 6 heteroatoms. The summed E-state index contributed by atoms with van der Waals surface area (Å²) in [6.07, 6.45) is 0.787. The predicted molar refractivity (Wildman–Crippen MR) is 69.9 cm³/mol. The van der Waals surface area contributed by atoms with Crippen molar-refractivity contribution in [3.05, 3.63) is 31.3 Å². The fraction of sp³-hybridized carbons (Fsp3) is 0.455. The maximum Gasteiger partial charge on any atom is 0.329 e. The molecule has 5 nitrogen and oxygen atoms in total. The molecule has 0 aliphatic carbocycles. The summed E-state index contributed by atoms with van der Waals surface area (Å²) in [6, 6.07) is 0. The van der Waals surface area contributed by atoms with Crippen LogP contribution in [0.25, 0.3) is 10.2 Å². The van der Waals surface area contributed by atoms with Crippen molar-refractivity contribution in [3.8, 4) is 0 Å². The van der Waals surface area contributed by atoms with Crippen molar-refractivity contribution in [2.75, 3.05) is 6.54 Å². The quantitative estimate of drug-likeness (QED) is 0.839. The Bertz CT molecular complexity index is 666. The molecule has 0 amide bonds. The molecule has 0 aromatic carbocycles. The van der Waals surface area contributed by atoms with Crippen molar-refractivity contribution in [1.82, 2.24) is 9.55 Å². The SMILES string of the molecule is CCc1c(C)sc2[nH]c(=O)n(CCN)c(=O)c12. The van der Waals surface area contributed by atoms with Crippen molar-refractivity contribution in [1.29, 1.82) is 0 Å². The Balaban J connectivity index is 2.89. The maximum atomic E-state index is 12.2. The summed E-state index contributed by atoms with van der Waals surface area (Å²) in [5.41, 5.74) is 5.83. The predicted octanol–water partition coefficient (Wildman–Crippen LogP) is 0.581. The highest BCUT2D eigenvalue weighted by Crippen LogP contribution is 2.26. The number of aromatic amines is 1. The average Bonchev–Trinajstić information content (AvgIpc) is 2.60. The fourth-order valence-corrected chi connectivity index (χ4v) is 3.17. The fourth-order valence-electron chi connectivity index (χ4n) is 2.04. The highest BCUT2D eigenvalue weighted by Gasteiger charge is 2.14. The van der Waals surface area contributed by atoms with Crippen LogP contribution in [0.15, 0.2) is 9.59 Å². The van der Waals surface area contributed by atoms with Crippen LogP contribution in [0.5, 0.6) is 0 Å². The van der Waals surface area contributed by atoms with Gasteiger partial charge in [-0.05, 0) is 18.9 Å². The lowest BCUT2D eigenvalue weighted by Gasteiger charge is -2.03. The van der Waals surface area contributed by atoms with Crippen LogP contribution >= 0.6 is 11.3 Å². The Morgan fingerprint density at radius 3 is 2.71 bits per heavy atom. The van der Waals surface area contributed by atoms with E-state index in [4.69, 9.17) is 5.73 Å². The van der Waals surface area contributed by atoms with Crippen molar-refractivity contribution in [3.63, 3.8) is 0 Å². The number of H-pyrrole nitrogens is 1. The zero-order valence-electron chi connectivity index (χ0n) is 9.87. The van der Waals surface area contributed by atoms with Gasteiger partial charge in [-0.15, -0.1) is 11.3 Å². The highest BCUT2D eigenvalue weighted by atomic mass is 32.1. The molecule has 17 heavy (non-hydrogen) atoms. The molecule has 0 radical (unpaired) electrons. The first-order valence-corrected chi connectivity index (χ1v) is 6.37. The van der Waals surface area contributed by atoms with Crippen molar-refractivity contribution in [2.45, 2.75) is 26.8 Å². The van der Waals surface area contributed by atoms with E-state index in [1.165, 1.54) is 15.9 Å². The molecular weight excluding hydrogens is 238 g/mol. The summed E-state index contributed by atoms with van der Waals surface area (Å²) in [4.78, 5) is 28.4. The van der Waals surface area contributed by atoms with Crippen LogP contribution in [0.2, 0.25) is 0 Å². The van der Waals surface area contributed by atoms with Gasteiger partial charge in [0.2, 0.25) is 0 Å². The van der Waals surface area contributed by atoms with Gasteiger partial charge in [0, 0.05) is 18.0 Å². The van der Waals surface area contributed by atoms with Crippen molar-refractivity contribution >= 4 is 21.6 Å². The van der Waals surface area contributed by atoms with E-state index in [9.17, 15) is 9.59 Å². The van der Waals surface area contributed by atoms with E-state index in [0.717, 1.165) is 16.9 Å². The standard InChI is InChI=1S/C11H15N3O2S/c1-3-7-6(2)17-9-8(7)10(15)14(5-4-12)11(16)13-9/h3-5,12H2,1-2H3,(H,13,16). The monoisotopic (exact) mass is 253 g/mol. The molecule has 0 saturated heterocycles. The summed E-state index contributed by atoms with van der Waals surface area (Å²) < 4.78 is 1.17. The molecule has 2 aromatic heterocycles. The molecule has 92 valence electrons. The van der Waals surface area contributed by atoms with Crippen LogP contribution in [0.3, 0.4) is 0 Å². The number of hydrogen-bond acceptors (Lipinski definition) is 4. The molecule has 3 N–H and O–H groups in total. The molecule has 0 saturated carbocycles. The van der Waals surface area contributed by atoms with Gasteiger partial charge in [0.15, 0.2) is 0 Å². The van der Waals surface area contributed by atoms with Gasteiger partial charge in [-0.3, -0.25) is 14.3 Å². The van der Waals surface area contributed by atoms with Crippen molar-refractivity contribution < 1.29 is 0 Å². The molecular formula is C11H15N3O2S. The average molecular weight is 253 g/mol. The summed E-state index contributed by atoms with van der Waals surface area (Å²) in [6.45, 7) is 4.50. The molecule has 0 spiro atoms. The van der Waals surface area contributed by atoms with Crippen LogP contribution in [-0.4, -0.2) is 16.1 Å². The summed E-state index contributed by atoms with van der Waals surface area (Å²) in [5.74, 6) is 0. The minimum absolute atomic E-state index is 0.226. The number of thiophene rings is 1. The molecule has 2 rings (SSSR count). The number of nitrogens with one attached hydrogen (secondary N) is 1. The molecule has 0 bridgehead atoms. The lowest BCUT2D eigenvalue weighted by Crippen LogP contribution is -2.36. The van der Waals surface area contributed by atoms with E-state index in [1.807, 2.05) is 13.8 Å². The topological polar surface area (TPSA) is 80.9 Å². The van der Waals surface area contributed by atoms with E-state index in [0.29, 0.717) is 10.2 Å². The number of fused-ring (bicyclic) bond motifs is 1. The van der Waals surface area contributed by atoms with Gasteiger partial charge in [0.1, 0.15) is 4.83 Å². The lowest BCUT2D eigenvalue weighted by molar-refractivity contribution is 0.647. The second-order valence-electron chi connectivity index (χ2n) is 3.87. The minimum atomic E-state index is -0.378. The number of hydrogen-bond donors (Lipinski definition) is 2. The number of nitrogens with two attached hydrogens (primary N) is 1. The zero-order valence-corrected chi connectivity index (χ0v) is 10.7. The summed E-state index contributed by atoms with van der Waals surface area (Å²) in [7, 11) is 0. The zero-order chi connectivity index (χ0) is 12.6. The van der Waals surface area contributed by atoms with Crippen LogP contribution < -0.4 is 17.0 Å². The van der Waals surface area contributed by atoms with Crippen LogP contribution in [-0.2, 0) is 13.0 Å². The normalized spacial score (nSPS) is 11.2. The number of rotatable bonds is 3. The van der Waals surface area contributed by atoms with E-state index in [2.05, 4.69) is 4.98 Å². The first-order valence-electron chi connectivity index (χ1n) is 5.55. The van der Waals surface area contributed by atoms with Crippen LogP contribution in [0, 0.1) is 6.92 Å². The third kappa shape index (κ3) is 1.83. The molecule has 0 fully saturated rings. The molecule has 0 atom stereocenters. The largest absolute Gasteiger partial charge is 0.329 e. The number of aromatic nitrogens is 2. The Kier molecular flexibility index (Phi) is 3.17. The molecule has 0 aliphatic rings. The first-order chi connectivity index (χ1) is 8.10. The second-order valence-corrected chi connectivity index (χ2v) is 5.09. The van der Waals surface area contributed by atoms with Gasteiger partial charge in [-0.25, -0.2) is 4.79 Å². The maximum absolute atomic E-state index is 12.2. The minimum Gasteiger partial charge on any atom is -0.329 e. The Morgan fingerprint density at radius 1 is 1.41 bits per heavy atom. The van der Waals surface area contributed by atoms with E-state index >= 15 is 0 Å². The van der Waals surface area contributed by atoms with E-state index in [1.54, 1.807) is 0 Å². The smallest absolute Gasteiger partial charge is 0.329 e. The van der Waals surface area contributed by atoms with Gasteiger partial charge in [-0.1, -0.05) is 6.92 Å². The van der Waals surface area contributed by atoms with Gasteiger partial charge >= 0.3 is 5.69 Å². The molecule has 0 aliphatic heterocycles. The highest BCUT2D eigenvalue weighted by molar-refractivity contribution is 7.18. The second kappa shape index (κ2) is 4.46. The Labute approximate surface area is 102 Å². The number of nitrogens with zero attached hydrogens (tertiary/aromatic N) is 1. The van der Waals surface area contributed by atoms with Gasteiger partial charge < -0.3 is 5.73 Å². The Morgan fingerprint density at radius 2 is 2.12 bits per heavy atom. The van der Waals surface area contributed by atoms with Crippen LogP contribution in [0.4, 0.5) is 0 Å². The van der Waals surface area contributed by atoms with E-state index < -0.39 is 0 Å². The summed E-state index contributed by atoms with van der Waals surface area (Å²) in [5, 5.41) is 0.642. The van der Waals surface area contributed by atoms with Gasteiger partial charge in [0.25, 0.3) is 5.56 Å². The van der Waals surface area contributed by atoms with Gasteiger partial charge in [-0.2, -0.15) is 0 Å². The van der Waals surface area contributed by atoms with E-state index in [-0.39, 0.29) is 24.3 Å². The van der Waals surface area contributed by atoms with Crippen LogP contribution in [0.1, 0.15) is 17.4 Å². The third-order valence-electron chi connectivity index (χ3n) is 2.84. The molecule has 2 heterocycles. The van der Waals surface area contributed by atoms with Gasteiger partial charge in [0.05, 0.1) is 5.39 Å². The Hall–Kier alpha value is -1.40. The summed E-state index contributed by atoms with van der Waals surface area (Å²) >= 11 is 1.46. The number of aryl methyl sites for hydroxylation is 2. The molecule has 0 unspecified atom stereocenters. The molecule has 2 aromatic rings. The lowest BCUT2D eigenvalue weighted by atomic mass is 10.1. The first kappa shape index (κ1) is 12.1. The third-order valence-corrected chi connectivity index (χ3v) is 3.90.